The first-order valence-electron chi connectivity index (χ1n) is 7.50. The molecule has 0 aliphatic carbocycles. The molecule has 1 unspecified atom stereocenters. The number of rotatable bonds is 11. The molecule has 0 saturated heterocycles. The van der Waals surface area contributed by atoms with Gasteiger partial charge in [-0.25, -0.2) is 0 Å². The molecule has 0 aromatic rings. The molecule has 0 radical (unpaired) electrons. The fourth-order valence-corrected chi connectivity index (χ4v) is 2.03. The van der Waals surface area contributed by atoms with Crippen molar-refractivity contribution in [2.45, 2.75) is 91.0 Å². The van der Waals surface area contributed by atoms with Crippen LogP contribution in [0.5, 0.6) is 0 Å². The van der Waals surface area contributed by atoms with E-state index in [1.165, 1.54) is 51.4 Å². The molecule has 0 saturated carbocycles. The van der Waals surface area contributed by atoms with E-state index in [0.717, 1.165) is 6.42 Å². The summed E-state index contributed by atoms with van der Waals surface area (Å²) in [5, 5.41) is 3.01. The Balaban J connectivity index is 3.19. The molecule has 0 aromatic heterocycles. The zero-order valence-corrected chi connectivity index (χ0v) is 12.1. The summed E-state index contributed by atoms with van der Waals surface area (Å²) in [6.07, 6.45) is 12.6. The highest BCUT2D eigenvalue weighted by Gasteiger charge is 2.04. The molecule has 0 aliphatic rings. The van der Waals surface area contributed by atoms with Gasteiger partial charge in [0.05, 0.1) is 0 Å². The van der Waals surface area contributed by atoms with Crippen LogP contribution in [0.3, 0.4) is 0 Å². The van der Waals surface area contributed by atoms with Gasteiger partial charge in [0.15, 0.2) is 0 Å². The summed E-state index contributed by atoms with van der Waals surface area (Å²) in [6, 6.07) is 0.350. The average Bonchev–Trinajstić information content (AvgIpc) is 2.32. The molecule has 2 nitrogen and oxygen atoms in total. The second kappa shape index (κ2) is 11.9. The number of amides is 1. The Morgan fingerprint density at radius 3 is 2.00 bits per heavy atom. The molecule has 17 heavy (non-hydrogen) atoms. The van der Waals surface area contributed by atoms with Crippen LogP contribution in [0.1, 0.15) is 85.0 Å². The third kappa shape index (κ3) is 11.7. The molecule has 1 atom stereocenters. The van der Waals surface area contributed by atoms with Gasteiger partial charge in [0, 0.05) is 12.5 Å². The minimum absolute atomic E-state index is 0.178. The standard InChI is InChI=1S/C15H31NO/c1-4-6-7-8-9-10-11-12-13-14(3)16-15(17)5-2/h14H,4-13H2,1-3H3,(H,16,17). The second-order valence-corrected chi connectivity index (χ2v) is 5.09. The van der Waals surface area contributed by atoms with Crippen molar-refractivity contribution in [2.75, 3.05) is 0 Å². The van der Waals surface area contributed by atoms with Crippen molar-refractivity contribution in [3.05, 3.63) is 0 Å². The van der Waals surface area contributed by atoms with Crippen LogP contribution in [0.2, 0.25) is 0 Å². The highest BCUT2D eigenvalue weighted by molar-refractivity contribution is 5.75. The Morgan fingerprint density at radius 2 is 1.47 bits per heavy atom. The van der Waals surface area contributed by atoms with E-state index in [0.29, 0.717) is 12.5 Å². The van der Waals surface area contributed by atoms with Crippen molar-refractivity contribution in [1.82, 2.24) is 5.32 Å². The maximum absolute atomic E-state index is 11.1. The summed E-state index contributed by atoms with van der Waals surface area (Å²) >= 11 is 0. The maximum atomic E-state index is 11.1. The first-order valence-corrected chi connectivity index (χ1v) is 7.50. The van der Waals surface area contributed by atoms with Crippen LogP contribution in [0.4, 0.5) is 0 Å². The molecular formula is C15H31NO. The molecule has 1 amide bonds. The lowest BCUT2D eigenvalue weighted by molar-refractivity contribution is -0.121. The number of unbranched alkanes of at least 4 members (excludes halogenated alkanes) is 7. The van der Waals surface area contributed by atoms with E-state index < -0.39 is 0 Å². The van der Waals surface area contributed by atoms with Gasteiger partial charge in [-0.1, -0.05) is 65.2 Å². The van der Waals surface area contributed by atoms with E-state index in [2.05, 4.69) is 19.2 Å². The lowest BCUT2D eigenvalue weighted by Crippen LogP contribution is -2.31. The summed E-state index contributed by atoms with van der Waals surface area (Å²) in [6.45, 7) is 6.26. The fourth-order valence-electron chi connectivity index (χ4n) is 2.03. The van der Waals surface area contributed by atoms with Gasteiger partial charge in [0.2, 0.25) is 5.91 Å². The number of carbonyl (C=O) groups is 1. The third-order valence-corrected chi connectivity index (χ3v) is 3.22. The van der Waals surface area contributed by atoms with Crippen LogP contribution < -0.4 is 5.32 Å². The van der Waals surface area contributed by atoms with Gasteiger partial charge >= 0.3 is 0 Å². The van der Waals surface area contributed by atoms with Crippen molar-refractivity contribution < 1.29 is 4.79 Å². The van der Waals surface area contributed by atoms with Gasteiger partial charge in [0.25, 0.3) is 0 Å². The first-order chi connectivity index (χ1) is 8.20. The maximum Gasteiger partial charge on any atom is 0.219 e. The Hall–Kier alpha value is -0.530. The van der Waals surface area contributed by atoms with Gasteiger partial charge in [-0.2, -0.15) is 0 Å². The predicted molar refractivity (Wildman–Crippen MR) is 75.1 cm³/mol. The minimum Gasteiger partial charge on any atom is -0.354 e. The smallest absolute Gasteiger partial charge is 0.219 e. The molecule has 0 fully saturated rings. The molecule has 0 aromatic carbocycles. The SMILES string of the molecule is CCCCCCCCCCC(C)NC(=O)CC. The summed E-state index contributed by atoms with van der Waals surface area (Å²) in [5.74, 6) is 0.178. The van der Waals surface area contributed by atoms with Gasteiger partial charge < -0.3 is 5.32 Å². The van der Waals surface area contributed by atoms with Crippen molar-refractivity contribution in [3.8, 4) is 0 Å². The number of nitrogens with one attached hydrogen (secondary N) is 1. The molecular weight excluding hydrogens is 210 g/mol. The molecule has 0 spiro atoms. The summed E-state index contributed by atoms with van der Waals surface area (Å²) in [7, 11) is 0. The monoisotopic (exact) mass is 241 g/mol. The van der Waals surface area contributed by atoms with Gasteiger partial charge in [-0.15, -0.1) is 0 Å². The molecule has 102 valence electrons. The van der Waals surface area contributed by atoms with E-state index in [1.54, 1.807) is 0 Å². The third-order valence-electron chi connectivity index (χ3n) is 3.22. The fraction of sp³-hybridized carbons (Fsp3) is 0.933. The molecule has 0 heterocycles. The Labute approximate surface area is 108 Å². The van der Waals surface area contributed by atoms with Crippen LogP contribution in [-0.4, -0.2) is 11.9 Å². The van der Waals surface area contributed by atoms with Crippen molar-refractivity contribution in [3.63, 3.8) is 0 Å². The van der Waals surface area contributed by atoms with E-state index in [1.807, 2.05) is 6.92 Å². The second-order valence-electron chi connectivity index (χ2n) is 5.09. The van der Waals surface area contributed by atoms with E-state index in [4.69, 9.17) is 0 Å². The van der Waals surface area contributed by atoms with Gasteiger partial charge in [0.1, 0.15) is 0 Å². The van der Waals surface area contributed by atoms with Gasteiger partial charge in [-0.3, -0.25) is 4.79 Å². The van der Waals surface area contributed by atoms with Crippen LogP contribution in [0, 0.1) is 0 Å². The average molecular weight is 241 g/mol. The predicted octanol–water partition coefficient (Wildman–Crippen LogP) is 4.43. The highest BCUT2D eigenvalue weighted by atomic mass is 16.1. The summed E-state index contributed by atoms with van der Waals surface area (Å²) in [5.41, 5.74) is 0. The lowest BCUT2D eigenvalue weighted by Gasteiger charge is -2.12. The molecule has 0 bridgehead atoms. The molecule has 0 aliphatic heterocycles. The van der Waals surface area contributed by atoms with E-state index in [9.17, 15) is 4.79 Å². The Bertz CT molecular complexity index is 180. The van der Waals surface area contributed by atoms with Crippen LogP contribution in [0.25, 0.3) is 0 Å². The van der Waals surface area contributed by atoms with E-state index in [-0.39, 0.29) is 5.91 Å². The van der Waals surface area contributed by atoms with Crippen LogP contribution in [-0.2, 0) is 4.79 Å². The first kappa shape index (κ1) is 16.5. The highest BCUT2D eigenvalue weighted by Crippen LogP contribution is 2.10. The van der Waals surface area contributed by atoms with Crippen molar-refractivity contribution in [1.29, 1.82) is 0 Å². The van der Waals surface area contributed by atoms with Crippen LogP contribution in [0.15, 0.2) is 0 Å². The number of hydrogen-bond acceptors (Lipinski definition) is 1. The number of hydrogen-bond donors (Lipinski definition) is 1. The van der Waals surface area contributed by atoms with Crippen LogP contribution >= 0.6 is 0 Å². The normalized spacial score (nSPS) is 12.4. The number of carbonyl (C=O) groups excluding carboxylic acids is 1. The molecule has 0 rings (SSSR count). The Kier molecular flexibility index (Phi) is 11.6. The summed E-state index contributed by atoms with van der Waals surface area (Å²) < 4.78 is 0. The van der Waals surface area contributed by atoms with E-state index >= 15 is 0 Å². The van der Waals surface area contributed by atoms with Gasteiger partial charge in [-0.05, 0) is 13.3 Å². The topological polar surface area (TPSA) is 29.1 Å². The largest absolute Gasteiger partial charge is 0.354 e. The lowest BCUT2D eigenvalue weighted by atomic mass is 10.1. The molecule has 1 N–H and O–H groups in total. The quantitative estimate of drug-likeness (QED) is 0.533. The zero-order valence-electron chi connectivity index (χ0n) is 12.1. The van der Waals surface area contributed by atoms with Crippen molar-refractivity contribution in [2.24, 2.45) is 0 Å². The van der Waals surface area contributed by atoms with Crippen molar-refractivity contribution >= 4 is 5.91 Å². The molecule has 2 heteroatoms. The summed E-state index contributed by atoms with van der Waals surface area (Å²) in [4.78, 5) is 11.1. The zero-order chi connectivity index (χ0) is 12.9. The Morgan fingerprint density at radius 1 is 0.941 bits per heavy atom. The minimum atomic E-state index is 0.178.